The summed E-state index contributed by atoms with van der Waals surface area (Å²) >= 11 is 6.01. The van der Waals surface area contributed by atoms with Gasteiger partial charge >= 0.3 is 0 Å². The highest BCUT2D eigenvalue weighted by molar-refractivity contribution is 6.29. The number of allylic oxidation sites excluding steroid dienone is 2. The summed E-state index contributed by atoms with van der Waals surface area (Å²) in [5, 5.41) is 8.68. The number of benzene rings is 1. The second-order valence-corrected chi connectivity index (χ2v) is 3.96. The molecule has 0 saturated carbocycles. The predicted molar refractivity (Wildman–Crippen MR) is 59.0 cm³/mol. The second-order valence-electron chi connectivity index (χ2n) is 3.34. The minimum Gasteiger partial charge on any atom is -0.370 e. The van der Waals surface area contributed by atoms with Crippen LogP contribution in [0.3, 0.4) is 0 Å². The highest BCUT2D eigenvalue weighted by Gasteiger charge is 2.29. The molecular formula is C12H11ClO. The Hall–Kier alpha value is -1.05. The van der Waals surface area contributed by atoms with Crippen molar-refractivity contribution in [3.05, 3.63) is 54.1 Å². The smallest absolute Gasteiger partial charge is 0.168 e. The van der Waals surface area contributed by atoms with Crippen molar-refractivity contribution in [2.75, 3.05) is 0 Å². The van der Waals surface area contributed by atoms with Gasteiger partial charge in [-0.05, 0) is 5.56 Å². The van der Waals surface area contributed by atoms with Crippen molar-refractivity contribution in [3.8, 4) is 0 Å². The normalized spacial score (nSPS) is 26.0. The summed E-state index contributed by atoms with van der Waals surface area (Å²) in [5.41, 5.74) is 1.73. The summed E-state index contributed by atoms with van der Waals surface area (Å²) < 4.78 is 0. The molecule has 0 bridgehead atoms. The van der Waals surface area contributed by atoms with Crippen molar-refractivity contribution in [2.45, 2.75) is 11.5 Å². The van der Waals surface area contributed by atoms with Crippen LogP contribution in [0.15, 0.2) is 48.6 Å². The van der Waals surface area contributed by atoms with Crippen molar-refractivity contribution >= 4 is 17.2 Å². The van der Waals surface area contributed by atoms with E-state index >= 15 is 0 Å². The number of hydrogen-bond acceptors (Lipinski definition) is 1. The molecule has 1 N–H and O–H groups in total. The molecular weight excluding hydrogens is 196 g/mol. The first-order chi connectivity index (χ1) is 6.70. The van der Waals surface area contributed by atoms with E-state index in [0.717, 1.165) is 11.1 Å². The van der Waals surface area contributed by atoms with Gasteiger partial charge in [0.25, 0.3) is 0 Å². The number of halogens is 1. The molecule has 0 aliphatic heterocycles. The van der Waals surface area contributed by atoms with Gasteiger partial charge in [0.15, 0.2) is 5.06 Å². The summed E-state index contributed by atoms with van der Waals surface area (Å²) in [4.78, 5) is 0. The molecule has 0 saturated heterocycles. The van der Waals surface area contributed by atoms with Gasteiger partial charge in [-0.3, -0.25) is 0 Å². The number of aliphatic hydroxyl groups is 1. The molecule has 1 nitrogen and oxygen atoms in total. The molecule has 2 rings (SSSR count). The van der Waals surface area contributed by atoms with Gasteiger partial charge in [0, 0.05) is 12.0 Å². The molecule has 1 aromatic rings. The van der Waals surface area contributed by atoms with Gasteiger partial charge in [0.2, 0.25) is 0 Å². The summed E-state index contributed by atoms with van der Waals surface area (Å²) in [6.45, 7) is 0. The fourth-order valence-corrected chi connectivity index (χ4v) is 1.82. The molecule has 0 radical (unpaired) electrons. The zero-order chi connectivity index (χ0) is 10.0. The zero-order valence-corrected chi connectivity index (χ0v) is 8.41. The van der Waals surface area contributed by atoms with Crippen molar-refractivity contribution in [1.82, 2.24) is 0 Å². The van der Waals surface area contributed by atoms with Gasteiger partial charge in [-0.15, -0.1) is 0 Å². The maximum atomic E-state index is 9.93. The molecule has 1 aliphatic rings. The first-order valence-corrected chi connectivity index (χ1v) is 4.92. The van der Waals surface area contributed by atoms with E-state index in [1.807, 2.05) is 48.6 Å². The van der Waals surface area contributed by atoms with Crippen LogP contribution in [0.25, 0.3) is 5.57 Å². The molecule has 0 fully saturated rings. The fourth-order valence-electron chi connectivity index (χ4n) is 1.56. The van der Waals surface area contributed by atoms with Gasteiger partial charge in [-0.2, -0.15) is 0 Å². The highest BCUT2D eigenvalue weighted by Crippen LogP contribution is 2.36. The molecule has 1 unspecified atom stereocenters. The molecule has 0 aromatic heterocycles. The minimum absolute atomic E-state index is 0.454. The largest absolute Gasteiger partial charge is 0.370 e. The van der Waals surface area contributed by atoms with Crippen LogP contribution in [0.5, 0.6) is 0 Å². The van der Waals surface area contributed by atoms with E-state index in [0.29, 0.717) is 6.42 Å². The quantitative estimate of drug-likeness (QED) is 0.701. The van der Waals surface area contributed by atoms with Crippen LogP contribution < -0.4 is 0 Å². The molecule has 2 heteroatoms. The van der Waals surface area contributed by atoms with Gasteiger partial charge in [0.1, 0.15) is 0 Å². The Bertz CT molecular complexity index is 377. The zero-order valence-electron chi connectivity index (χ0n) is 7.65. The van der Waals surface area contributed by atoms with Crippen LogP contribution in [-0.2, 0) is 0 Å². The van der Waals surface area contributed by atoms with Gasteiger partial charge in [-0.1, -0.05) is 60.2 Å². The third-order valence-electron chi connectivity index (χ3n) is 2.28. The topological polar surface area (TPSA) is 20.2 Å². The Kier molecular flexibility index (Phi) is 2.44. The van der Waals surface area contributed by atoms with E-state index in [1.54, 1.807) is 0 Å². The molecule has 72 valence electrons. The lowest BCUT2D eigenvalue weighted by Crippen LogP contribution is -2.23. The van der Waals surface area contributed by atoms with Crippen LogP contribution in [-0.4, -0.2) is 10.2 Å². The molecule has 14 heavy (non-hydrogen) atoms. The number of hydrogen-bond donors (Lipinski definition) is 1. The summed E-state index contributed by atoms with van der Waals surface area (Å²) in [5.74, 6) is 0. The third kappa shape index (κ3) is 1.74. The molecule has 1 aromatic carbocycles. The lowest BCUT2D eigenvalue weighted by Gasteiger charge is -2.25. The highest BCUT2D eigenvalue weighted by atomic mass is 35.5. The van der Waals surface area contributed by atoms with Gasteiger partial charge in [-0.25, -0.2) is 0 Å². The molecule has 0 spiro atoms. The molecule has 1 aliphatic carbocycles. The first kappa shape index (κ1) is 9.50. The van der Waals surface area contributed by atoms with Crippen molar-refractivity contribution < 1.29 is 5.11 Å². The fraction of sp³-hybridized carbons (Fsp3) is 0.167. The van der Waals surface area contributed by atoms with E-state index < -0.39 is 5.06 Å². The Labute approximate surface area is 88.3 Å². The average molecular weight is 207 g/mol. The van der Waals surface area contributed by atoms with Crippen molar-refractivity contribution in [1.29, 1.82) is 0 Å². The van der Waals surface area contributed by atoms with Crippen LogP contribution in [0.1, 0.15) is 12.0 Å². The van der Waals surface area contributed by atoms with E-state index in [-0.39, 0.29) is 0 Å². The van der Waals surface area contributed by atoms with E-state index in [9.17, 15) is 5.11 Å². The predicted octanol–water partition coefficient (Wildman–Crippen LogP) is 2.96. The Morgan fingerprint density at radius 3 is 2.57 bits per heavy atom. The minimum atomic E-state index is -1.25. The molecule has 0 amide bonds. The Morgan fingerprint density at radius 1 is 1.21 bits per heavy atom. The molecule has 1 atom stereocenters. The van der Waals surface area contributed by atoms with Crippen LogP contribution in [0.4, 0.5) is 0 Å². The SMILES string of the molecule is OC1(Cl)CC=CC=C1c1ccccc1. The van der Waals surface area contributed by atoms with Crippen molar-refractivity contribution in [3.63, 3.8) is 0 Å². The Morgan fingerprint density at radius 2 is 1.93 bits per heavy atom. The summed E-state index contributed by atoms with van der Waals surface area (Å²) in [6, 6.07) is 9.69. The number of rotatable bonds is 1. The molecule has 0 heterocycles. The lowest BCUT2D eigenvalue weighted by atomic mass is 9.94. The third-order valence-corrected chi connectivity index (χ3v) is 2.64. The Balaban J connectivity index is 2.43. The van der Waals surface area contributed by atoms with Gasteiger partial charge < -0.3 is 5.11 Å². The monoisotopic (exact) mass is 206 g/mol. The van der Waals surface area contributed by atoms with Crippen LogP contribution in [0.2, 0.25) is 0 Å². The van der Waals surface area contributed by atoms with Crippen LogP contribution >= 0.6 is 11.6 Å². The van der Waals surface area contributed by atoms with Crippen molar-refractivity contribution in [2.24, 2.45) is 0 Å². The standard InChI is InChI=1S/C12H11ClO/c13-12(14)9-5-4-8-11(12)10-6-2-1-3-7-10/h1-8,14H,9H2. The summed E-state index contributed by atoms with van der Waals surface area (Å²) in [6.07, 6.45) is 6.08. The van der Waals surface area contributed by atoms with E-state index in [1.165, 1.54) is 0 Å². The van der Waals surface area contributed by atoms with E-state index in [4.69, 9.17) is 11.6 Å². The maximum absolute atomic E-state index is 9.93. The van der Waals surface area contributed by atoms with E-state index in [2.05, 4.69) is 0 Å². The average Bonchev–Trinajstić information content (AvgIpc) is 2.18. The first-order valence-electron chi connectivity index (χ1n) is 4.54. The second kappa shape index (κ2) is 3.60. The maximum Gasteiger partial charge on any atom is 0.168 e. The lowest BCUT2D eigenvalue weighted by molar-refractivity contribution is 0.192. The number of alkyl halides is 1. The van der Waals surface area contributed by atoms with Crippen LogP contribution in [0, 0.1) is 0 Å². The summed E-state index contributed by atoms with van der Waals surface area (Å²) in [7, 11) is 0. The van der Waals surface area contributed by atoms with Gasteiger partial charge in [0.05, 0.1) is 0 Å².